The first-order valence-electron chi connectivity index (χ1n) is 10.8. The van der Waals surface area contributed by atoms with Gasteiger partial charge in [0.1, 0.15) is 5.75 Å². The third-order valence-electron chi connectivity index (χ3n) is 5.99. The number of nitrogens with zero attached hydrogens (tertiary/aromatic N) is 1. The number of carbonyl (C=O) groups excluding carboxylic acids is 1. The van der Waals surface area contributed by atoms with Crippen LogP contribution in [0.15, 0.2) is 48.5 Å². The van der Waals surface area contributed by atoms with Gasteiger partial charge in [0.15, 0.2) is 11.9 Å². The van der Waals surface area contributed by atoms with E-state index in [1.54, 1.807) is 0 Å². The zero-order valence-electron chi connectivity index (χ0n) is 18.2. The number of benzene rings is 2. The molecule has 3 unspecified atom stereocenters. The lowest BCUT2D eigenvalue weighted by molar-refractivity contribution is -0.131. The van der Waals surface area contributed by atoms with Crippen molar-refractivity contribution in [2.24, 2.45) is 0 Å². The van der Waals surface area contributed by atoms with Crippen molar-refractivity contribution in [2.75, 3.05) is 26.2 Å². The first-order chi connectivity index (χ1) is 14.0. The summed E-state index contributed by atoms with van der Waals surface area (Å²) in [7, 11) is 0. The van der Waals surface area contributed by atoms with Gasteiger partial charge in [0, 0.05) is 26.2 Å². The summed E-state index contributed by atoms with van der Waals surface area (Å²) in [4.78, 5) is 15.8. The Balaban J connectivity index is 1.79. The van der Waals surface area contributed by atoms with Crippen molar-refractivity contribution in [1.82, 2.24) is 10.2 Å². The molecule has 0 amide bonds. The number of nitrogens with one attached hydrogen (secondary N) is 1. The van der Waals surface area contributed by atoms with Crippen LogP contribution >= 0.6 is 0 Å². The number of ketones is 1. The van der Waals surface area contributed by atoms with Crippen LogP contribution in [0.1, 0.15) is 55.8 Å². The molecule has 0 radical (unpaired) electrons. The molecule has 3 atom stereocenters. The molecule has 1 heterocycles. The predicted molar refractivity (Wildman–Crippen MR) is 119 cm³/mol. The van der Waals surface area contributed by atoms with E-state index in [-0.39, 0.29) is 11.8 Å². The summed E-state index contributed by atoms with van der Waals surface area (Å²) >= 11 is 0. The molecule has 1 N–H and O–H groups in total. The zero-order valence-corrected chi connectivity index (χ0v) is 18.2. The average Bonchev–Trinajstić information content (AvgIpc) is 2.76. The summed E-state index contributed by atoms with van der Waals surface area (Å²) in [6.07, 6.45) is 0.598. The van der Waals surface area contributed by atoms with E-state index >= 15 is 0 Å². The van der Waals surface area contributed by atoms with E-state index in [0.717, 1.165) is 49.5 Å². The molecule has 0 aromatic heterocycles. The maximum absolute atomic E-state index is 13.5. The van der Waals surface area contributed by atoms with Gasteiger partial charge in [-0.3, -0.25) is 9.69 Å². The number of hydrogen-bond acceptors (Lipinski definition) is 4. The maximum atomic E-state index is 13.5. The lowest BCUT2D eigenvalue weighted by atomic mass is 9.96. The van der Waals surface area contributed by atoms with Crippen molar-refractivity contribution in [2.45, 2.75) is 52.2 Å². The Morgan fingerprint density at radius 3 is 2.38 bits per heavy atom. The highest BCUT2D eigenvalue weighted by Gasteiger charge is 2.32. The lowest BCUT2D eigenvalue weighted by Crippen LogP contribution is -2.49. The Labute approximate surface area is 175 Å². The molecular weight excluding hydrogens is 360 g/mol. The molecule has 1 aliphatic heterocycles. The SMILES string of the molecule is CCC(C)c1ccc(OC(C)C(=O)C(c2ccccc2)N2CCNCC2)c(C)c1. The van der Waals surface area contributed by atoms with Crippen LogP contribution < -0.4 is 10.1 Å². The highest BCUT2D eigenvalue weighted by molar-refractivity contribution is 5.89. The van der Waals surface area contributed by atoms with Crippen molar-refractivity contribution in [3.63, 3.8) is 0 Å². The van der Waals surface area contributed by atoms with Crippen molar-refractivity contribution < 1.29 is 9.53 Å². The monoisotopic (exact) mass is 394 g/mol. The molecule has 0 aliphatic carbocycles. The van der Waals surface area contributed by atoms with Gasteiger partial charge >= 0.3 is 0 Å². The fraction of sp³-hybridized carbons (Fsp3) is 0.480. The van der Waals surface area contributed by atoms with Crippen molar-refractivity contribution >= 4 is 5.78 Å². The molecule has 0 saturated carbocycles. The van der Waals surface area contributed by atoms with Crippen molar-refractivity contribution in [3.8, 4) is 5.75 Å². The normalized spacial score (nSPS) is 18.1. The van der Waals surface area contributed by atoms with Gasteiger partial charge in [-0.2, -0.15) is 0 Å². The van der Waals surface area contributed by atoms with Crippen LogP contribution in [0.2, 0.25) is 0 Å². The molecule has 1 fully saturated rings. The summed E-state index contributed by atoms with van der Waals surface area (Å²) in [6.45, 7) is 11.9. The van der Waals surface area contributed by atoms with Crippen molar-refractivity contribution in [1.29, 1.82) is 0 Å². The summed E-state index contributed by atoms with van der Waals surface area (Å²) in [6, 6.07) is 16.1. The molecule has 0 spiro atoms. The molecule has 2 aromatic rings. The smallest absolute Gasteiger partial charge is 0.194 e. The molecule has 29 heavy (non-hydrogen) atoms. The number of carbonyl (C=O) groups is 1. The molecule has 0 bridgehead atoms. The number of rotatable bonds is 8. The summed E-state index contributed by atoms with van der Waals surface area (Å²) < 4.78 is 6.18. The van der Waals surface area contributed by atoms with Crippen molar-refractivity contribution in [3.05, 3.63) is 65.2 Å². The van der Waals surface area contributed by atoms with Crippen LogP contribution in [-0.2, 0) is 4.79 Å². The van der Waals surface area contributed by atoms with Gasteiger partial charge in [0.25, 0.3) is 0 Å². The second kappa shape index (κ2) is 10.0. The molecule has 4 heteroatoms. The zero-order chi connectivity index (χ0) is 20.8. The van der Waals surface area contributed by atoms with Crippen LogP contribution in [0.5, 0.6) is 5.75 Å². The summed E-state index contributed by atoms with van der Waals surface area (Å²) in [5, 5.41) is 3.37. The Morgan fingerprint density at radius 2 is 1.76 bits per heavy atom. The van der Waals surface area contributed by atoms with Gasteiger partial charge in [-0.05, 0) is 48.9 Å². The van der Waals surface area contributed by atoms with Crippen LogP contribution in [0.4, 0.5) is 0 Å². The van der Waals surface area contributed by atoms with E-state index in [1.165, 1.54) is 5.56 Å². The molecule has 1 aliphatic rings. The molecule has 156 valence electrons. The second-order valence-corrected chi connectivity index (χ2v) is 8.10. The van der Waals surface area contributed by atoms with Gasteiger partial charge < -0.3 is 10.1 Å². The first-order valence-corrected chi connectivity index (χ1v) is 10.8. The fourth-order valence-corrected chi connectivity index (χ4v) is 3.95. The number of ether oxygens (including phenoxy) is 1. The van der Waals surface area contributed by atoms with Crippen LogP contribution in [0.25, 0.3) is 0 Å². The minimum Gasteiger partial charge on any atom is -0.483 e. The topological polar surface area (TPSA) is 41.6 Å². The average molecular weight is 395 g/mol. The highest BCUT2D eigenvalue weighted by Crippen LogP contribution is 2.28. The number of hydrogen-bond donors (Lipinski definition) is 1. The van der Waals surface area contributed by atoms with E-state index < -0.39 is 6.10 Å². The molecular formula is C25H34N2O2. The minimum absolute atomic E-state index is 0.114. The van der Waals surface area contributed by atoms with E-state index in [9.17, 15) is 4.79 Å². The Hall–Kier alpha value is -2.17. The second-order valence-electron chi connectivity index (χ2n) is 8.10. The fourth-order valence-electron chi connectivity index (χ4n) is 3.95. The molecule has 3 rings (SSSR count). The third-order valence-corrected chi connectivity index (χ3v) is 5.99. The van der Waals surface area contributed by atoms with Gasteiger partial charge in [-0.15, -0.1) is 0 Å². The number of aryl methyl sites for hydroxylation is 1. The summed E-state index contributed by atoms with van der Waals surface area (Å²) in [5.74, 6) is 1.44. The Morgan fingerprint density at radius 1 is 1.07 bits per heavy atom. The number of Topliss-reactive ketones (excluding diaryl/α,β-unsaturated/α-hetero) is 1. The van der Waals surface area contributed by atoms with Crippen LogP contribution in [-0.4, -0.2) is 43.0 Å². The number of piperazine rings is 1. The Bertz CT molecular complexity index is 800. The van der Waals surface area contributed by atoms with E-state index in [1.807, 2.05) is 43.3 Å². The van der Waals surface area contributed by atoms with Gasteiger partial charge in [0.05, 0.1) is 6.04 Å². The first kappa shape index (κ1) is 21.5. The molecule has 4 nitrogen and oxygen atoms in total. The lowest BCUT2D eigenvalue weighted by Gasteiger charge is -2.35. The third kappa shape index (κ3) is 5.26. The maximum Gasteiger partial charge on any atom is 0.194 e. The predicted octanol–water partition coefficient (Wildman–Crippen LogP) is 4.49. The van der Waals surface area contributed by atoms with Crippen LogP contribution in [0.3, 0.4) is 0 Å². The summed E-state index contributed by atoms with van der Waals surface area (Å²) in [5.41, 5.74) is 3.44. The van der Waals surface area contributed by atoms with Gasteiger partial charge in [-0.1, -0.05) is 56.3 Å². The van der Waals surface area contributed by atoms with E-state index in [2.05, 4.69) is 43.1 Å². The quantitative estimate of drug-likeness (QED) is 0.716. The molecule has 1 saturated heterocycles. The molecule has 2 aromatic carbocycles. The largest absolute Gasteiger partial charge is 0.483 e. The standard InChI is InChI=1S/C25H34N2O2/c1-5-18(2)22-11-12-23(19(3)17-22)29-20(4)25(28)24(21-9-7-6-8-10-21)27-15-13-26-14-16-27/h6-12,17-18,20,24,26H,5,13-16H2,1-4H3. The highest BCUT2D eigenvalue weighted by atomic mass is 16.5. The van der Waals surface area contributed by atoms with Crippen LogP contribution in [0, 0.1) is 6.92 Å². The minimum atomic E-state index is -0.511. The van der Waals surface area contributed by atoms with Gasteiger partial charge in [-0.25, -0.2) is 0 Å². The van der Waals surface area contributed by atoms with E-state index in [4.69, 9.17) is 4.74 Å². The van der Waals surface area contributed by atoms with E-state index in [0.29, 0.717) is 5.92 Å². The van der Waals surface area contributed by atoms with Gasteiger partial charge in [0.2, 0.25) is 0 Å². The Kier molecular flexibility index (Phi) is 7.45.